The number of halogens is 1. The molecule has 0 aromatic heterocycles. The number of hydrogen-bond donors (Lipinski definition) is 3. The molecular weight excluding hydrogens is 421 g/mol. The molecule has 1 aromatic rings. The minimum Gasteiger partial charge on any atom is -0.434 e. The zero-order chi connectivity index (χ0) is 22.8. The number of fused-ring (bicyclic) bond motifs is 1. The maximum absolute atomic E-state index is 14.0. The van der Waals surface area contributed by atoms with Crippen LogP contribution in [-0.4, -0.2) is 64.2 Å². The first-order chi connectivity index (χ1) is 15.3. The smallest absolute Gasteiger partial charge is 0.310 e. The normalized spacial score (nSPS) is 29.7. The highest BCUT2D eigenvalue weighted by atomic mass is 19.1. The van der Waals surface area contributed by atoms with Crippen LogP contribution in [0.5, 0.6) is 0 Å². The second-order valence-electron chi connectivity index (χ2n) is 8.14. The summed E-state index contributed by atoms with van der Waals surface area (Å²) in [4.78, 5) is 51.7. The average Bonchev–Trinajstić information content (AvgIpc) is 3.31. The van der Waals surface area contributed by atoms with Crippen molar-refractivity contribution < 1.29 is 33.4 Å². The number of amides is 3. The Balaban J connectivity index is 1.50. The van der Waals surface area contributed by atoms with Crippen LogP contribution in [0.25, 0.3) is 0 Å². The SMILES string of the molecule is O=C1CC(NC(=O)[C@@H]2CC[C@H]3CC=CC[C@H](NC(=O)c4ccccc4F)C(=O)N32)C(O)O1. The molecule has 32 heavy (non-hydrogen) atoms. The topological polar surface area (TPSA) is 125 Å². The summed E-state index contributed by atoms with van der Waals surface area (Å²) >= 11 is 0. The quantitative estimate of drug-likeness (QED) is 0.455. The van der Waals surface area contributed by atoms with Gasteiger partial charge in [-0.15, -0.1) is 0 Å². The van der Waals surface area contributed by atoms with Crippen molar-refractivity contribution in [1.29, 1.82) is 0 Å². The number of esters is 1. The molecule has 0 aliphatic carbocycles. The zero-order valence-corrected chi connectivity index (χ0v) is 17.2. The number of nitrogens with zero attached hydrogens (tertiary/aromatic N) is 1. The number of rotatable bonds is 4. The van der Waals surface area contributed by atoms with E-state index in [0.717, 1.165) is 6.07 Å². The van der Waals surface area contributed by atoms with Crippen molar-refractivity contribution in [1.82, 2.24) is 15.5 Å². The molecule has 2 saturated heterocycles. The third kappa shape index (κ3) is 4.36. The van der Waals surface area contributed by atoms with E-state index in [2.05, 4.69) is 15.4 Å². The fourth-order valence-corrected chi connectivity index (χ4v) is 4.42. The van der Waals surface area contributed by atoms with Gasteiger partial charge in [0.05, 0.1) is 12.0 Å². The van der Waals surface area contributed by atoms with E-state index in [4.69, 9.17) is 0 Å². The first kappa shape index (κ1) is 21.9. The van der Waals surface area contributed by atoms with Crippen LogP contribution in [0, 0.1) is 5.82 Å². The maximum atomic E-state index is 14.0. The van der Waals surface area contributed by atoms with Gasteiger partial charge in [0.15, 0.2) is 0 Å². The lowest BCUT2D eigenvalue weighted by Crippen LogP contribution is -2.57. The second-order valence-corrected chi connectivity index (χ2v) is 8.14. The van der Waals surface area contributed by atoms with Crippen LogP contribution in [0.15, 0.2) is 36.4 Å². The Morgan fingerprint density at radius 1 is 1.09 bits per heavy atom. The molecule has 0 bridgehead atoms. The number of benzene rings is 1. The third-order valence-electron chi connectivity index (χ3n) is 6.04. The highest BCUT2D eigenvalue weighted by Gasteiger charge is 2.45. The lowest BCUT2D eigenvalue weighted by molar-refractivity contribution is -0.155. The molecule has 9 nitrogen and oxygen atoms in total. The second kappa shape index (κ2) is 9.07. The molecular formula is C22H24FN3O6. The lowest BCUT2D eigenvalue weighted by Gasteiger charge is -2.34. The number of ether oxygens (including phenoxy) is 1. The summed E-state index contributed by atoms with van der Waals surface area (Å²) in [6.45, 7) is 0. The molecule has 0 spiro atoms. The molecule has 3 aliphatic rings. The molecule has 170 valence electrons. The van der Waals surface area contributed by atoms with E-state index in [1.807, 2.05) is 6.08 Å². The summed E-state index contributed by atoms with van der Waals surface area (Å²) in [6.07, 6.45) is 3.89. The van der Waals surface area contributed by atoms with Gasteiger partial charge in [-0.05, 0) is 37.8 Å². The summed E-state index contributed by atoms with van der Waals surface area (Å²) < 4.78 is 18.6. The van der Waals surface area contributed by atoms with Crippen molar-refractivity contribution in [3.8, 4) is 0 Å². The van der Waals surface area contributed by atoms with E-state index < -0.39 is 53.9 Å². The Kier molecular flexibility index (Phi) is 6.22. The van der Waals surface area contributed by atoms with Crippen LogP contribution in [0.3, 0.4) is 0 Å². The third-order valence-corrected chi connectivity index (χ3v) is 6.04. The molecule has 0 radical (unpaired) electrons. The highest BCUT2D eigenvalue weighted by Crippen LogP contribution is 2.30. The van der Waals surface area contributed by atoms with E-state index in [9.17, 15) is 28.7 Å². The van der Waals surface area contributed by atoms with Gasteiger partial charge in [0.2, 0.25) is 18.1 Å². The molecule has 3 heterocycles. The first-order valence-electron chi connectivity index (χ1n) is 10.6. The summed E-state index contributed by atoms with van der Waals surface area (Å²) in [5, 5.41) is 15.0. The zero-order valence-electron chi connectivity index (χ0n) is 17.2. The number of aliphatic hydroxyl groups excluding tert-OH is 1. The summed E-state index contributed by atoms with van der Waals surface area (Å²) in [6, 6.07) is 2.61. The Labute approximate surface area is 183 Å². The number of carbonyl (C=O) groups excluding carboxylic acids is 4. The first-order valence-corrected chi connectivity index (χ1v) is 10.6. The predicted molar refractivity (Wildman–Crippen MR) is 108 cm³/mol. The van der Waals surface area contributed by atoms with E-state index in [1.165, 1.54) is 23.1 Å². The molecule has 0 saturated carbocycles. The average molecular weight is 445 g/mol. The largest absolute Gasteiger partial charge is 0.434 e. The molecule has 10 heteroatoms. The molecule has 4 rings (SSSR count). The van der Waals surface area contributed by atoms with Crippen LogP contribution in [0.2, 0.25) is 0 Å². The Hall–Kier alpha value is -3.27. The van der Waals surface area contributed by atoms with Crippen LogP contribution in [0.4, 0.5) is 4.39 Å². The van der Waals surface area contributed by atoms with Gasteiger partial charge in [-0.25, -0.2) is 4.39 Å². The van der Waals surface area contributed by atoms with Crippen LogP contribution in [0.1, 0.15) is 42.5 Å². The van der Waals surface area contributed by atoms with Crippen molar-refractivity contribution >= 4 is 23.7 Å². The standard InChI is InChI=1S/C22H24FN3O6/c23-14-7-3-2-6-13(14)19(28)24-15-8-4-1-5-12-9-10-17(26(12)21(15)30)20(29)25-16-11-18(27)32-22(16)31/h1-4,6-7,12,15-17,22,31H,5,8-11H2,(H,24,28)(H,25,29)/t12-,15+,16?,17+,22?/m1/s1. The predicted octanol–water partition coefficient (Wildman–Crippen LogP) is 0.384. The van der Waals surface area contributed by atoms with Crippen molar-refractivity contribution in [2.75, 3.05) is 0 Å². The number of cyclic esters (lactones) is 1. The number of hydrogen-bond acceptors (Lipinski definition) is 6. The Bertz CT molecular complexity index is 967. The molecule has 3 amide bonds. The van der Waals surface area contributed by atoms with Gasteiger partial charge in [0.25, 0.3) is 5.91 Å². The van der Waals surface area contributed by atoms with Gasteiger partial charge in [-0.1, -0.05) is 24.3 Å². The van der Waals surface area contributed by atoms with Gasteiger partial charge in [-0.2, -0.15) is 0 Å². The van der Waals surface area contributed by atoms with Gasteiger partial charge in [0.1, 0.15) is 23.9 Å². The molecule has 3 aliphatic heterocycles. The number of aliphatic hydroxyl groups is 1. The molecule has 2 unspecified atom stereocenters. The van der Waals surface area contributed by atoms with Crippen molar-refractivity contribution in [2.45, 2.75) is 62.6 Å². The van der Waals surface area contributed by atoms with Crippen LogP contribution < -0.4 is 10.6 Å². The molecule has 2 fully saturated rings. The minimum absolute atomic E-state index is 0.152. The Morgan fingerprint density at radius 3 is 2.56 bits per heavy atom. The van der Waals surface area contributed by atoms with Crippen molar-refractivity contribution in [2.24, 2.45) is 0 Å². The van der Waals surface area contributed by atoms with Gasteiger partial charge < -0.3 is 25.4 Å². The van der Waals surface area contributed by atoms with E-state index in [0.29, 0.717) is 19.3 Å². The fourth-order valence-electron chi connectivity index (χ4n) is 4.42. The van der Waals surface area contributed by atoms with Crippen LogP contribution >= 0.6 is 0 Å². The number of carbonyl (C=O) groups is 4. The molecule has 5 atom stereocenters. The molecule has 3 N–H and O–H groups in total. The maximum Gasteiger partial charge on any atom is 0.310 e. The van der Waals surface area contributed by atoms with E-state index in [1.54, 1.807) is 6.08 Å². The monoisotopic (exact) mass is 445 g/mol. The summed E-state index contributed by atoms with van der Waals surface area (Å²) in [5.41, 5.74) is -0.168. The summed E-state index contributed by atoms with van der Waals surface area (Å²) in [5.74, 6) is -2.94. The highest BCUT2D eigenvalue weighted by molar-refractivity contribution is 5.99. The van der Waals surface area contributed by atoms with Gasteiger partial charge >= 0.3 is 5.97 Å². The Morgan fingerprint density at radius 2 is 1.84 bits per heavy atom. The van der Waals surface area contributed by atoms with Crippen LogP contribution in [-0.2, 0) is 19.1 Å². The van der Waals surface area contributed by atoms with E-state index in [-0.39, 0.29) is 24.4 Å². The van der Waals surface area contributed by atoms with Crippen molar-refractivity contribution in [3.63, 3.8) is 0 Å². The molecule has 1 aromatic carbocycles. The lowest BCUT2D eigenvalue weighted by atomic mass is 10.0. The van der Waals surface area contributed by atoms with E-state index >= 15 is 0 Å². The number of nitrogens with one attached hydrogen (secondary N) is 2. The fraction of sp³-hybridized carbons (Fsp3) is 0.455. The van der Waals surface area contributed by atoms with Gasteiger partial charge in [0, 0.05) is 6.04 Å². The minimum atomic E-state index is -1.43. The summed E-state index contributed by atoms with van der Waals surface area (Å²) in [7, 11) is 0. The van der Waals surface area contributed by atoms with Gasteiger partial charge in [-0.3, -0.25) is 19.2 Å². The van der Waals surface area contributed by atoms with Crippen molar-refractivity contribution in [3.05, 3.63) is 47.8 Å².